The van der Waals surface area contributed by atoms with Crippen LogP contribution in [0.25, 0.3) is 0 Å². The lowest BCUT2D eigenvalue weighted by molar-refractivity contribution is -0.139. The minimum absolute atomic E-state index is 0.0569. The normalized spacial score (nSPS) is 18.5. The maximum atomic E-state index is 13.1. The maximum absolute atomic E-state index is 13.1. The number of hydrogen-bond donors (Lipinski definition) is 2. The van der Waals surface area contributed by atoms with Crippen molar-refractivity contribution in [2.45, 2.75) is 46.8 Å². The number of amides is 2. The first-order chi connectivity index (χ1) is 17.7. The summed E-state index contributed by atoms with van der Waals surface area (Å²) in [4.78, 5) is 30.5. The number of nitrogens with one attached hydrogen (secondary N) is 2. The van der Waals surface area contributed by atoms with Gasteiger partial charge in [-0.25, -0.2) is 9.59 Å². The third-order valence-corrected chi connectivity index (χ3v) is 6.68. The van der Waals surface area contributed by atoms with Crippen LogP contribution in [0.2, 0.25) is 0 Å². The summed E-state index contributed by atoms with van der Waals surface area (Å²) in [5.41, 5.74) is 5.63. The molecule has 2 heterocycles. The van der Waals surface area contributed by atoms with Crippen LogP contribution in [0, 0.1) is 13.8 Å². The van der Waals surface area contributed by atoms with Crippen molar-refractivity contribution < 1.29 is 19.1 Å². The number of nitrogens with zero attached hydrogens (tertiary/aromatic N) is 2. The second-order valence-corrected chi connectivity index (χ2v) is 9.93. The van der Waals surface area contributed by atoms with Crippen LogP contribution < -0.4 is 20.3 Å². The van der Waals surface area contributed by atoms with E-state index in [1.165, 1.54) is 16.8 Å². The average Bonchev–Trinajstić information content (AvgIpc) is 2.84. The van der Waals surface area contributed by atoms with Crippen LogP contribution in [0.5, 0.6) is 5.75 Å². The smallest absolute Gasteiger partial charge is 0.338 e. The summed E-state index contributed by atoms with van der Waals surface area (Å²) in [5.74, 6) is 0.314. The van der Waals surface area contributed by atoms with E-state index in [1.54, 1.807) is 6.92 Å². The van der Waals surface area contributed by atoms with Gasteiger partial charge in [-0.1, -0.05) is 29.8 Å². The Labute approximate surface area is 219 Å². The number of carbonyl (C=O) groups is 2. The predicted molar refractivity (Wildman–Crippen MR) is 145 cm³/mol. The topological polar surface area (TPSA) is 83.1 Å². The molecule has 4 rings (SSSR count). The fourth-order valence-corrected chi connectivity index (χ4v) is 4.98. The van der Waals surface area contributed by atoms with Crippen molar-refractivity contribution in [3.05, 3.63) is 70.4 Å². The van der Waals surface area contributed by atoms with Gasteiger partial charge in [-0.2, -0.15) is 0 Å². The van der Waals surface area contributed by atoms with Gasteiger partial charge in [-0.15, -0.1) is 0 Å². The SMILES string of the molecule is CCOC(=O)C1=C(CN2CCN(c3ccc(C)cc3C)CC2)NC(=O)N[C@H]1c1ccc(OC(C)C)cc1. The van der Waals surface area contributed by atoms with Gasteiger partial charge < -0.3 is 25.0 Å². The van der Waals surface area contributed by atoms with Crippen molar-refractivity contribution in [2.24, 2.45) is 0 Å². The standard InChI is InChI=1S/C29H38N4O4/c1-6-36-28(34)26-24(18-32-13-15-33(16-14-32)25-12-7-20(4)17-21(25)5)30-29(35)31-27(26)22-8-10-23(11-9-22)37-19(2)3/h7-12,17,19,27H,6,13-16,18H2,1-5H3,(H2,30,31,35)/t27-/m0/s1. The van der Waals surface area contributed by atoms with Crippen molar-refractivity contribution in [2.75, 3.05) is 44.2 Å². The van der Waals surface area contributed by atoms with Crippen LogP contribution in [-0.4, -0.2) is 62.3 Å². The van der Waals surface area contributed by atoms with Crippen LogP contribution >= 0.6 is 0 Å². The van der Waals surface area contributed by atoms with Crippen LogP contribution in [0.3, 0.4) is 0 Å². The molecule has 2 aromatic carbocycles. The number of ether oxygens (including phenoxy) is 2. The van der Waals surface area contributed by atoms with Gasteiger partial charge in [0, 0.05) is 44.1 Å². The molecule has 0 radical (unpaired) electrons. The van der Waals surface area contributed by atoms with Crippen LogP contribution in [0.1, 0.15) is 43.5 Å². The third-order valence-electron chi connectivity index (χ3n) is 6.68. The average molecular weight is 507 g/mol. The number of benzene rings is 2. The van der Waals surface area contributed by atoms with Crippen molar-refractivity contribution in [1.29, 1.82) is 0 Å². The molecule has 2 aliphatic rings. The van der Waals surface area contributed by atoms with E-state index in [2.05, 4.69) is 52.5 Å². The van der Waals surface area contributed by atoms with E-state index in [1.807, 2.05) is 38.1 Å². The molecule has 0 aromatic heterocycles. The molecule has 0 saturated carbocycles. The van der Waals surface area contributed by atoms with Gasteiger partial charge in [-0.3, -0.25) is 4.90 Å². The summed E-state index contributed by atoms with van der Waals surface area (Å²) in [7, 11) is 0. The molecule has 0 spiro atoms. The first kappa shape index (κ1) is 26.5. The maximum Gasteiger partial charge on any atom is 0.338 e. The van der Waals surface area contributed by atoms with Crippen LogP contribution in [-0.2, 0) is 9.53 Å². The highest BCUT2D eigenvalue weighted by atomic mass is 16.5. The molecule has 8 heteroatoms. The van der Waals surface area contributed by atoms with E-state index < -0.39 is 12.0 Å². The van der Waals surface area contributed by atoms with Crippen molar-refractivity contribution in [3.8, 4) is 5.75 Å². The quantitative estimate of drug-likeness (QED) is 0.525. The number of anilines is 1. The molecule has 0 unspecified atom stereocenters. The summed E-state index contributed by atoms with van der Waals surface area (Å²) >= 11 is 0. The Balaban J connectivity index is 1.54. The van der Waals surface area contributed by atoms with Gasteiger partial charge in [-0.05, 0) is 63.9 Å². The van der Waals surface area contributed by atoms with E-state index in [9.17, 15) is 9.59 Å². The van der Waals surface area contributed by atoms with Crippen molar-refractivity contribution in [1.82, 2.24) is 15.5 Å². The monoisotopic (exact) mass is 506 g/mol. The fraction of sp³-hybridized carbons (Fsp3) is 0.448. The Morgan fingerprint density at radius 3 is 2.38 bits per heavy atom. The summed E-state index contributed by atoms with van der Waals surface area (Å²) in [5, 5.41) is 5.81. The lowest BCUT2D eigenvalue weighted by Gasteiger charge is -2.38. The molecule has 37 heavy (non-hydrogen) atoms. The fourth-order valence-electron chi connectivity index (χ4n) is 4.98. The lowest BCUT2D eigenvalue weighted by Crippen LogP contribution is -2.52. The van der Waals surface area contributed by atoms with E-state index in [4.69, 9.17) is 9.47 Å². The molecule has 1 fully saturated rings. The highest BCUT2D eigenvalue weighted by Gasteiger charge is 2.34. The minimum Gasteiger partial charge on any atom is -0.491 e. The van der Waals surface area contributed by atoms with E-state index >= 15 is 0 Å². The zero-order valence-electron chi connectivity index (χ0n) is 22.5. The Morgan fingerprint density at radius 2 is 1.76 bits per heavy atom. The number of rotatable bonds is 8. The number of carbonyl (C=O) groups excluding carboxylic acids is 2. The van der Waals surface area contributed by atoms with Crippen LogP contribution in [0.15, 0.2) is 53.7 Å². The van der Waals surface area contributed by atoms with Gasteiger partial charge in [0.05, 0.1) is 24.3 Å². The molecule has 198 valence electrons. The molecule has 0 bridgehead atoms. The molecular formula is C29H38N4O4. The van der Waals surface area contributed by atoms with Crippen molar-refractivity contribution in [3.63, 3.8) is 0 Å². The summed E-state index contributed by atoms with van der Waals surface area (Å²) in [6.45, 7) is 14.1. The first-order valence-electron chi connectivity index (χ1n) is 13.0. The Morgan fingerprint density at radius 1 is 1.05 bits per heavy atom. The lowest BCUT2D eigenvalue weighted by atomic mass is 9.94. The molecule has 2 amide bonds. The number of esters is 1. The largest absolute Gasteiger partial charge is 0.491 e. The second kappa shape index (κ2) is 11.7. The van der Waals surface area contributed by atoms with Gasteiger partial charge in [0.15, 0.2) is 0 Å². The number of aryl methyl sites for hydroxylation is 2. The summed E-state index contributed by atoms with van der Waals surface area (Å²) < 4.78 is 11.2. The molecule has 0 aliphatic carbocycles. The number of urea groups is 1. The molecule has 1 atom stereocenters. The van der Waals surface area contributed by atoms with E-state index in [-0.39, 0.29) is 18.7 Å². The first-order valence-corrected chi connectivity index (χ1v) is 13.0. The van der Waals surface area contributed by atoms with Gasteiger partial charge in [0.2, 0.25) is 0 Å². The van der Waals surface area contributed by atoms with Gasteiger partial charge in [0.25, 0.3) is 0 Å². The van der Waals surface area contributed by atoms with E-state index in [0.717, 1.165) is 37.5 Å². The molecule has 1 saturated heterocycles. The summed E-state index contributed by atoms with van der Waals surface area (Å²) in [6.07, 6.45) is 0.0569. The molecular weight excluding hydrogens is 468 g/mol. The number of hydrogen-bond acceptors (Lipinski definition) is 6. The highest BCUT2D eigenvalue weighted by molar-refractivity contribution is 5.95. The minimum atomic E-state index is -0.604. The molecule has 2 N–H and O–H groups in total. The third kappa shape index (κ3) is 6.43. The van der Waals surface area contributed by atoms with Crippen molar-refractivity contribution >= 4 is 17.7 Å². The molecule has 8 nitrogen and oxygen atoms in total. The Hall–Kier alpha value is -3.52. The zero-order valence-corrected chi connectivity index (χ0v) is 22.5. The Bertz CT molecular complexity index is 1150. The number of piperazine rings is 1. The van der Waals surface area contributed by atoms with E-state index in [0.29, 0.717) is 17.8 Å². The van der Waals surface area contributed by atoms with Gasteiger partial charge in [0.1, 0.15) is 5.75 Å². The van der Waals surface area contributed by atoms with Crippen LogP contribution in [0.4, 0.5) is 10.5 Å². The second-order valence-electron chi connectivity index (χ2n) is 9.93. The molecule has 2 aliphatic heterocycles. The predicted octanol–water partition coefficient (Wildman–Crippen LogP) is 4.08. The van der Waals surface area contributed by atoms with Gasteiger partial charge >= 0.3 is 12.0 Å². The Kier molecular flexibility index (Phi) is 8.38. The molecule has 2 aromatic rings. The summed E-state index contributed by atoms with van der Waals surface area (Å²) in [6, 6.07) is 13.1. The highest BCUT2D eigenvalue weighted by Crippen LogP contribution is 2.30. The zero-order chi connectivity index (χ0) is 26.5.